The maximum atomic E-state index is 13.1. The van der Waals surface area contributed by atoms with Crippen LogP contribution < -0.4 is 5.32 Å². The second kappa shape index (κ2) is 9.70. The molecule has 0 aliphatic rings. The quantitative estimate of drug-likeness (QED) is 0.632. The SMILES string of the molecule is CNC(Cc1cn(C(=O)OC(C)(C)C)cn1)C(=O)PC(CC(C)(C)C)C(C)(C)C. The zero-order valence-corrected chi connectivity index (χ0v) is 20.8. The van der Waals surface area contributed by atoms with Crippen LogP contribution in [0.5, 0.6) is 0 Å². The summed E-state index contributed by atoms with van der Waals surface area (Å²) in [6.07, 6.45) is 4.07. The molecule has 3 unspecified atom stereocenters. The normalized spacial score (nSPS) is 15.5. The minimum absolute atomic E-state index is 0.0674. The third-order valence-corrected chi connectivity index (χ3v) is 6.55. The van der Waals surface area contributed by atoms with Crippen LogP contribution in [0.25, 0.3) is 0 Å². The highest BCUT2D eigenvalue weighted by molar-refractivity contribution is 7.58. The van der Waals surface area contributed by atoms with E-state index in [1.165, 1.54) is 10.9 Å². The molecule has 1 aromatic heterocycles. The van der Waals surface area contributed by atoms with Gasteiger partial charge in [-0.25, -0.2) is 14.3 Å². The predicted octanol–water partition coefficient (Wildman–Crippen LogP) is 4.85. The number of ether oxygens (including phenoxy) is 1. The number of nitrogens with zero attached hydrogens (tertiary/aromatic N) is 2. The lowest BCUT2D eigenvalue weighted by Gasteiger charge is -2.36. The Labute approximate surface area is 178 Å². The van der Waals surface area contributed by atoms with Crippen LogP contribution in [0.2, 0.25) is 0 Å². The number of carbonyl (C=O) groups excluding carboxylic acids is 2. The van der Waals surface area contributed by atoms with Crippen molar-refractivity contribution in [1.29, 1.82) is 0 Å². The van der Waals surface area contributed by atoms with Gasteiger partial charge in [0.05, 0.1) is 11.7 Å². The number of carbonyl (C=O) groups is 2. The lowest BCUT2D eigenvalue weighted by Crippen LogP contribution is -2.37. The zero-order valence-electron chi connectivity index (χ0n) is 19.8. The fraction of sp³-hybridized carbons (Fsp3) is 0.773. The van der Waals surface area contributed by atoms with Gasteiger partial charge in [0.1, 0.15) is 11.9 Å². The molecule has 0 bridgehead atoms. The van der Waals surface area contributed by atoms with Crippen molar-refractivity contribution in [2.75, 3.05) is 7.05 Å². The Morgan fingerprint density at radius 3 is 2.17 bits per heavy atom. The van der Waals surface area contributed by atoms with Crippen LogP contribution in [0.4, 0.5) is 4.79 Å². The van der Waals surface area contributed by atoms with Gasteiger partial charge in [0.15, 0.2) is 5.52 Å². The van der Waals surface area contributed by atoms with Gasteiger partial charge < -0.3 is 10.1 Å². The van der Waals surface area contributed by atoms with Crippen molar-refractivity contribution in [3.05, 3.63) is 18.2 Å². The van der Waals surface area contributed by atoms with Crippen molar-refractivity contribution in [1.82, 2.24) is 14.9 Å². The van der Waals surface area contributed by atoms with Gasteiger partial charge in [-0.05, 0) is 59.3 Å². The summed E-state index contributed by atoms with van der Waals surface area (Å²) in [5.41, 5.74) is 0.899. The molecule has 0 amide bonds. The Morgan fingerprint density at radius 1 is 1.14 bits per heavy atom. The second-order valence-electron chi connectivity index (χ2n) is 11.0. The Morgan fingerprint density at radius 2 is 1.72 bits per heavy atom. The van der Waals surface area contributed by atoms with Crippen LogP contribution in [0, 0.1) is 10.8 Å². The number of hydrogen-bond acceptors (Lipinski definition) is 5. The van der Waals surface area contributed by atoms with Gasteiger partial charge >= 0.3 is 6.09 Å². The van der Waals surface area contributed by atoms with Crippen molar-refractivity contribution >= 4 is 20.2 Å². The summed E-state index contributed by atoms with van der Waals surface area (Å²) in [4.78, 5) is 29.5. The highest BCUT2D eigenvalue weighted by Gasteiger charge is 2.32. The van der Waals surface area contributed by atoms with E-state index in [1.807, 2.05) is 20.8 Å². The molecule has 166 valence electrons. The number of rotatable bonds is 7. The summed E-state index contributed by atoms with van der Waals surface area (Å²) in [5, 5.41) is 3.14. The monoisotopic (exact) mass is 425 g/mol. The van der Waals surface area contributed by atoms with Crippen molar-refractivity contribution < 1.29 is 14.3 Å². The summed E-state index contributed by atoms with van der Waals surface area (Å²) in [7, 11) is 2.03. The standard InChI is InChI=1S/C22H40N3O3P/c1-20(2,3)12-17(21(4,5)6)29-18(26)16(23-10)11-15-13-25(14-24-15)19(27)28-22(7,8)9/h13-14,16-17,23,29H,11-12H2,1-10H3. The molecule has 0 saturated carbocycles. The maximum Gasteiger partial charge on any atom is 0.419 e. The molecule has 7 heteroatoms. The molecular weight excluding hydrogens is 385 g/mol. The van der Waals surface area contributed by atoms with Crippen molar-refractivity contribution in [2.45, 2.75) is 92.5 Å². The molecule has 0 fully saturated rings. The van der Waals surface area contributed by atoms with Crippen LogP contribution >= 0.6 is 8.58 Å². The first-order valence-corrected chi connectivity index (χ1v) is 11.3. The van der Waals surface area contributed by atoms with E-state index in [-0.39, 0.29) is 31.0 Å². The smallest absolute Gasteiger partial charge is 0.419 e. The van der Waals surface area contributed by atoms with Crippen molar-refractivity contribution in [3.63, 3.8) is 0 Å². The van der Waals surface area contributed by atoms with E-state index in [9.17, 15) is 9.59 Å². The third-order valence-electron chi connectivity index (χ3n) is 4.50. The molecule has 1 rings (SSSR count). The molecule has 0 aliphatic heterocycles. The molecule has 1 aromatic rings. The van der Waals surface area contributed by atoms with Gasteiger partial charge in [0.25, 0.3) is 0 Å². The minimum Gasteiger partial charge on any atom is -0.443 e. The lowest BCUT2D eigenvalue weighted by atomic mass is 9.81. The highest BCUT2D eigenvalue weighted by atomic mass is 31.1. The molecule has 0 aromatic carbocycles. The Balaban J connectivity index is 2.84. The van der Waals surface area contributed by atoms with Gasteiger partial charge in [-0.3, -0.25) is 4.79 Å². The minimum atomic E-state index is -0.568. The summed E-state index contributed by atoms with van der Waals surface area (Å²) < 4.78 is 6.69. The summed E-state index contributed by atoms with van der Waals surface area (Å²) >= 11 is 0. The average Bonchev–Trinajstić information content (AvgIpc) is 2.96. The van der Waals surface area contributed by atoms with E-state index in [1.54, 1.807) is 13.2 Å². The summed E-state index contributed by atoms with van der Waals surface area (Å²) in [6.45, 7) is 18.8. The molecular formula is C22H40N3O3P. The van der Waals surface area contributed by atoms with Gasteiger partial charge in [-0.2, -0.15) is 0 Å². The first-order valence-electron chi connectivity index (χ1n) is 10.3. The van der Waals surface area contributed by atoms with E-state index in [2.05, 4.69) is 51.8 Å². The Bertz CT molecular complexity index is 693. The van der Waals surface area contributed by atoms with E-state index in [0.29, 0.717) is 17.8 Å². The second-order valence-corrected chi connectivity index (χ2v) is 12.5. The van der Waals surface area contributed by atoms with Gasteiger partial charge in [0.2, 0.25) is 0 Å². The van der Waals surface area contributed by atoms with E-state index in [4.69, 9.17) is 4.74 Å². The highest BCUT2D eigenvalue weighted by Crippen LogP contribution is 2.42. The lowest BCUT2D eigenvalue weighted by molar-refractivity contribution is -0.113. The van der Waals surface area contributed by atoms with Crippen LogP contribution in [0.15, 0.2) is 12.5 Å². The average molecular weight is 426 g/mol. The fourth-order valence-corrected chi connectivity index (χ4v) is 4.82. The topological polar surface area (TPSA) is 73.2 Å². The molecule has 1 N–H and O–H groups in total. The molecule has 0 spiro atoms. The molecule has 29 heavy (non-hydrogen) atoms. The number of hydrogen-bond donors (Lipinski definition) is 1. The fourth-order valence-electron chi connectivity index (χ4n) is 2.88. The van der Waals surface area contributed by atoms with Crippen LogP contribution in [0.1, 0.15) is 74.4 Å². The molecule has 1 heterocycles. The number of nitrogens with one attached hydrogen (secondary N) is 1. The van der Waals surface area contributed by atoms with E-state index in [0.717, 1.165) is 6.42 Å². The molecule has 6 nitrogen and oxygen atoms in total. The Kier molecular flexibility index (Phi) is 8.62. The predicted molar refractivity (Wildman–Crippen MR) is 121 cm³/mol. The van der Waals surface area contributed by atoms with E-state index < -0.39 is 11.7 Å². The molecule has 0 saturated heterocycles. The summed E-state index contributed by atoms with van der Waals surface area (Å²) in [6, 6.07) is -0.319. The van der Waals surface area contributed by atoms with Crippen LogP contribution in [-0.4, -0.2) is 45.5 Å². The van der Waals surface area contributed by atoms with Gasteiger partial charge in [-0.15, -0.1) is 0 Å². The maximum absolute atomic E-state index is 13.1. The molecule has 3 atom stereocenters. The molecule has 0 aliphatic carbocycles. The number of imidazole rings is 1. The zero-order chi connectivity index (χ0) is 22.6. The first-order chi connectivity index (χ1) is 13.0. The van der Waals surface area contributed by atoms with E-state index >= 15 is 0 Å². The van der Waals surface area contributed by atoms with Crippen LogP contribution in [-0.2, 0) is 16.0 Å². The number of aromatic nitrogens is 2. The van der Waals surface area contributed by atoms with Crippen molar-refractivity contribution in [3.8, 4) is 0 Å². The summed E-state index contributed by atoms with van der Waals surface area (Å²) in [5.74, 6) is 0. The van der Waals surface area contributed by atoms with Gasteiger partial charge in [0, 0.05) is 12.6 Å². The Hall–Kier alpha value is -1.26. The van der Waals surface area contributed by atoms with Gasteiger partial charge in [-0.1, -0.05) is 41.5 Å². The van der Waals surface area contributed by atoms with Crippen molar-refractivity contribution in [2.24, 2.45) is 10.8 Å². The largest absolute Gasteiger partial charge is 0.443 e. The number of likely N-dealkylation sites (N-methyl/N-ethyl adjacent to an activating group) is 1. The molecule has 0 radical (unpaired) electrons. The first kappa shape index (κ1) is 25.8. The third kappa shape index (κ3) is 9.39. The van der Waals surface area contributed by atoms with Crippen LogP contribution in [0.3, 0.4) is 0 Å².